The standard InChI is InChI=1S/C24H26N4O2/c1-16-6-5-7-17-12-19(14-28(2)15-22-25-10-11-26-22)24(27-23(16)17)18-8-9-20(29-3)21(13-18)30-4/h5-13H,14-15H2,1-4H3,(H,25,26). The molecule has 0 atom stereocenters. The fraction of sp³-hybridized carbons (Fsp3) is 0.250. The van der Waals surface area contributed by atoms with Crippen LogP contribution in [0.5, 0.6) is 11.5 Å². The van der Waals surface area contributed by atoms with Crippen LogP contribution in [0, 0.1) is 6.92 Å². The van der Waals surface area contributed by atoms with Crippen molar-refractivity contribution in [2.75, 3.05) is 21.3 Å². The van der Waals surface area contributed by atoms with Gasteiger partial charge in [-0.15, -0.1) is 0 Å². The van der Waals surface area contributed by atoms with Crippen LogP contribution in [0.1, 0.15) is 17.0 Å². The van der Waals surface area contributed by atoms with E-state index in [-0.39, 0.29) is 0 Å². The average molecular weight is 402 g/mol. The zero-order chi connectivity index (χ0) is 21.1. The maximum atomic E-state index is 5.53. The van der Waals surface area contributed by atoms with Crippen LogP contribution in [0.3, 0.4) is 0 Å². The number of imidazole rings is 1. The van der Waals surface area contributed by atoms with Crippen LogP contribution in [0.25, 0.3) is 22.2 Å². The van der Waals surface area contributed by atoms with Crippen LogP contribution in [-0.2, 0) is 13.1 Å². The number of aryl methyl sites for hydroxylation is 1. The van der Waals surface area contributed by atoms with Gasteiger partial charge in [0.15, 0.2) is 11.5 Å². The number of methoxy groups -OCH3 is 2. The predicted molar refractivity (Wildman–Crippen MR) is 119 cm³/mol. The molecule has 0 aliphatic rings. The van der Waals surface area contributed by atoms with E-state index in [1.165, 1.54) is 0 Å². The topological polar surface area (TPSA) is 63.3 Å². The number of pyridine rings is 1. The maximum absolute atomic E-state index is 5.53. The Kier molecular flexibility index (Phi) is 5.68. The molecule has 0 bridgehead atoms. The number of benzene rings is 2. The van der Waals surface area contributed by atoms with Crippen molar-refractivity contribution < 1.29 is 9.47 Å². The molecule has 0 unspecified atom stereocenters. The second-order valence-electron chi connectivity index (χ2n) is 7.42. The van der Waals surface area contributed by atoms with Gasteiger partial charge in [0.05, 0.1) is 32.0 Å². The van der Waals surface area contributed by atoms with Gasteiger partial charge in [-0.05, 0) is 49.4 Å². The highest BCUT2D eigenvalue weighted by molar-refractivity contribution is 5.86. The summed E-state index contributed by atoms with van der Waals surface area (Å²) in [6.07, 6.45) is 3.62. The van der Waals surface area contributed by atoms with Crippen LogP contribution in [0.15, 0.2) is 54.9 Å². The summed E-state index contributed by atoms with van der Waals surface area (Å²) in [6.45, 7) is 3.56. The fourth-order valence-corrected chi connectivity index (χ4v) is 3.73. The Hall–Kier alpha value is -3.38. The molecule has 0 aliphatic carbocycles. The second-order valence-corrected chi connectivity index (χ2v) is 7.42. The number of hydrogen-bond acceptors (Lipinski definition) is 5. The van der Waals surface area contributed by atoms with E-state index in [1.807, 2.05) is 24.4 Å². The molecule has 0 radical (unpaired) electrons. The third kappa shape index (κ3) is 4.00. The number of ether oxygens (including phenoxy) is 2. The van der Waals surface area contributed by atoms with E-state index >= 15 is 0 Å². The van der Waals surface area contributed by atoms with Gasteiger partial charge in [-0.2, -0.15) is 0 Å². The molecule has 6 nitrogen and oxygen atoms in total. The van der Waals surface area contributed by atoms with E-state index < -0.39 is 0 Å². The third-order valence-electron chi connectivity index (χ3n) is 5.20. The molecule has 2 aromatic heterocycles. The Morgan fingerprint density at radius 3 is 2.57 bits per heavy atom. The van der Waals surface area contributed by atoms with Crippen LogP contribution >= 0.6 is 0 Å². The maximum Gasteiger partial charge on any atom is 0.161 e. The smallest absolute Gasteiger partial charge is 0.161 e. The number of aromatic nitrogens is 3. The van der Waals surface area contributed by atoms with E-state index in [0.717, 1.165) is 52.2 Å². The molecular weight excluding hydrogens is 376 g/mol. The Bertz CT molecular complexity index is 1160. The van der Waals surface area contributed by atoms with Gasteiger partial charge in [-0.1, -0.05) is 18.2 Å². The first-order valence-electron chi connectivity index (χ1n) is 9.87. The van der Waals surface area contributed by atoms with Crippen LogP contribution < -0.4 is 9.47 Å². The lowest BCUT2D eigenvalue weighted by Crippen LogP contribution is -2.19. The van der Waals surface area contributed by atoms with Crippen molar-refractivity contribution in [1.82, 2.24) is 19.9 Å². The number of fused-ring (bicyclic) bond motifs is 1. The Labute approximate surface area is 176 Å². The lowest BCUT2D eigenvalue weighted by molar-refractivity contribution is 0.312. The molecular formula is C24H26N4O2. The number of hydrogen-bond donors (Lipinski definition) is 1. The van der Waals surface area contributed by atoms with E-state index in [9.17, 15) is 0 Å². The summed E-state index contributed by atoms with van der Waals surface area (Å²) in [5, 5.41) is 1.14. The molecule has 2 aromatic carbocycles. The third-order valence-corrected chi connectivity index (χ3v) is 5.20. The molecule has 0 saturated carbocycles. The van der Waals surface area contributed by atoms with Gasteiger partial charge in [0.2, 0.25) is 0 Å². The molecule has 6 heteroatoms. The largest absolute Gasteiger partial charge is 0.493 e. The van der Waals surface area contributed by atoms with E-state index in [2.05, 4.69) is 53.1 Å². The number of rotatable bonds is 7. The molecule has 0 spiro atoms. The van der Waals surface area contributed by atoms with Crippen molar-refractivity contribution in [1.29, 1.82) is 0 Å². The van der Waals surface area contributed by atoms with Crippen molar-refractivity contribution in [3.8, 4) is 22.8 Å². The van der Waals surface area contributed by atoms with Gasteiger partial charge in [-0.3, -0.25) is 4.90 Å². The predicted octanol–water partition coefficient (Wildman–Crippen LogP) is 4.58. The van der Waals surface area contributed by atoms with Gasteiger partial charge in [-0.25, -0.2) is 9.97 Å². The molecule has 2 heterocycles. The van der Waals surface area contributed by atoms with Crippen molar-refractivity contribution in [3.63, 3.8) is 0 Å². The first kappa shape index (κ1) is 19.9. The first-order valence-corrected chi connectivity index (χ1v) is 9.87. The van der Waals surface area contributed by atoms with Crippen LogP contribution in [0.2, 0.25) is 0 Å². The SMILES string of the molecule is COc1ccc(-c2nc3c(C)cccc3cc2CN(C)Cc2ncc[nH]2)cc1OC. The highest BCUT2D eigenvalue weighted by Crippen LogP contribution is 2.34. The summed E-state index contributed by atoms with van der Waals surface area (Å²) in [7, 11) is 5.38. The van der Waals surface area contributed by atoms with Gasteiger partial charge < -0.3 is 14.5 Å². The summed E-state index contributed by atoms with van der Waals surface area (Å²) < 4.78 is 10.9. The summed E-state index contributed by atoms with van der Waals surface area (Å²) in [5.74, 6) is 2.33. The van der Waals surface area contributed by atoms with Crippen LogP contribution in [0.4, 0.5) is 0 Å². The molecule has 4 aromatic rings. The van der Waals surface area contributed by atoms with Gasteiger partial charge in [0.25, 0.3) is 0 Å². The molecule has 1 N–H and O–H groups in total. The summed E-state index contributed by atoms with van der Waals surface area (Å²) in [6, 6.07) is 14.5. The molecule has 154 valence electrons. The summed E-state index contributed by atoms with van der Waals surface area (Å²) >= 11 is 0. The zero-order valence-electron chi connectivity index (χ0n) is 17.8. The lowest BCUT2D eigenvalue weighted by atomic mass is 10.0. The number of H-pyrrole nitrogens is 1. The minimum Gasteiger partial charge on any atom is -0.493 e. The fourth-order valence-electron chi connectivity index (χ4n) is 3.73. The van der Waals surface area contributed by atoms with Crippen molar-refractivity contribution in [2.24, 2.45) is 0 Å². The van der Waals surface area contributed by atoms with Gasteiger partial charge in [0, 0.05) is 29.9 Å². The van der Waals surface area contributed by atoms with Gasteiger partial charge >= 0.3 is 0 Å². The quantitative estimate of drug-likeness (QED) is 0.490. The Morgan fingerprint density at radius 1 is 1.00 bits per heavy atom. The molecule has 4 rings (SSSR count). The first-order chi connectivity index (χ1) is 14.6. The highest BCUT2D eigenvalue weighted by Gasteiger charge is 2.15. The number of aromatic amines is 1. The lowest BCUT2D eigenvalue weighted by Gasteiger charge is -2.19. The highest BCUT2D eigenvalue weighted by atomic mass is 16.5. The van der Waals surface area contributed by atoms with Gasteiger partial charge in [0.1, 0.15) is 5.82 Å². The monoisotopic (exact) mass is 402 g/mol. The van der Waals surface area contributed by atoms with E-state index in [0.29, 0.717) is 11.5 Å². The van der Waals surface area contributed by atoms with E-state index in [4.69, 9.17) is 14.5 Å². The minimum atomic E-state index is 0.691. The summed E-state index contributed by atoms with van der Waals surface area (Å²) in [4.78, 5) is 14.8. The number of para-hydroxylation sites is 1. The Balaban J connectivity index is 1.79. The molecule has 0 aliphatic heterocycles. The van der Waals surface area contributed by atoms with Crippen molar-refractivity contribution >= 4 is 10.9 Å². The second kappa shape index (κ2) is 8.55. The average Bonchev–Trinajstić information content (AvgIpc) is 3.26. The van der Waals surface area contributed by atoms with E-state index in [1.54, 1.807) is 20.4 Å². The molecule has 0 fully saturated rings. The molecule has 0 amide bonds. The number of nitrogens with zero attached hydrogens (tertiary/aromatic N) is 3. The molecule has 30 heavy (non-hydrogen) atoms. The number of nitrogens with one attached hydrogen (secondary N) is 1. The summed E-state index contributed by atoms with van der Waals surface area (Å²) in [5.41, 5.74) is 5.27. The van der Waals surface area contributed by atoms with Crippen molar-refractivity contribution in [3.05, 3.63) is 71.8 Å². The minimum absolute atomic E-state index is 0.691. The molecule has 0 saturated heterocycles. The van der Waals surface area contributed by atoms with Crippen LogP contribution in [-0.4, -0.2) is 41.1 Å². The normalized spacial score (nSPS) is 11.2. The Morgan fingerprint density at radius 2 is 1.83 bits per heavy atom. The van der Waals surface area contributed by atoms with Crippen molar-refractivity contribution in [2.45, 2.75) is 20.0 Å². The zero-order valence-corrected chi connectivity index (χ0v) is 17.8.